The maximum Gasteiger partial charge on any atom is 0.299 e. The molecule has 1 amide bonds. The molecule has 10 nitrogen and oxygen atoms in total. The molecule has 0 radical (unpaired) electrons. The summed E-state index contributed by atoms with van der Waals surface area (Å²) in [5, 5.41) is 13.3. The molecule has 48 heavy (non-hydrogen) atoms. The van der Waals surface area contributed by atoms with Crippen LogP contribution in [-0.4, -0.2) is 90.5 Å². The molecule has 0 unspecified atom stereocenters. The average molecular weight is 644 g/mol. The van der Waals surface area contributed by atoms with E-state index in [-0.39, 0.29) is 17.9 Å². The molecule has 6 rings (SSSR count). The average Bonchev–Trinajstić information content (AvgIpc) is 3.32. The SMILES string of the molecule is CN(C)CCN1C(=O)CN=C(c2ccccc2)c2ccccc21.CN(C)CCn1c(=O)c(=NO)nc(-c2ccccc2)c2ccccc21. The third-order valence-corrected chi connectivity index (χ3v) is 7.96. The first kappa shape index (κ1) is 33.9. The van der Waals surface area contributed by atoms with E-state index >= 15 is 0 Å². The van der Waals surface area contributed by atoms with Gasteiger partial charge < -0.3 is 24.5 Å². The molecule has 0 bridgehead atoms. The van der Waals surface area contributed by atoms with Gasteiger partial charge in [0.05, 0.1) is 22.6 Å². The van der Waals surface area contributed by atoms with Crippen molar-refractivity contribution in [3.05, 3.63) is 136 Å². The van der Waals surface area contributed by atoms with E-state index < -0.39 is 5.56 Å². The fourth-order valence-corrected chi connectivity index (χ4v) is 5.51. The third-order valence-electron chi connectivity index (χ3n) is 7.96. The summed E-state index contributed by atoms with van der Waals surface area (Å²) in [7, 11) is 7.92. The minimum Gasteiger partial charge on any atom is -0.409 e. The van der Waals surface area contributed by atoms with Crippen LogP contribution in [0.3, 0.4) is 0 Å². The van der Waals surface area contributed by atoms with E-state index in [1.54, 1.807) is 4.57 Å². The van der Waals surface area contributed by atoms with Gasteiger partial charge in [-0.1, -0.05) is 102 Å². The molecule has 0 saturated carbocycles. The highest BCUT2D eigenvalue weighted by Crippen LogP contribution is 2.27. The molecule has 0 saturated heterocycles. The normalized spacial score (nSPS) is 13.2. The minimum absolute atomic E-state index is 0.0465. The molecule has 4 aromatic carbocycles. The number of aliphatic imine (C=N–C) groups is 1. The van der Waals surface area contributed by atoms with Crippen LogP contribution in [0.25, 0.3) is 22.2 Å². The molecule has 2 heterocycles. The Labute approximate surface area is 280 Å². The van der Waals surface area contributed by atoms with E-state index in [0.717, 1.165) is 45.5 Å². The van der Waals surface area contributed by atoms with Crippen LogP contribution in [0.4, 0.5) is 5.69 Å². The zero-order valence-electron chi connectivity index (χ0n) is 27.8. The molecule has 1 aromatic heterocycles. The Bertz CT molecular complexity index is 2020. The van der Waals surface area contributed by atoms with Gasteiger partial charge in [-0.25, -0.2) is 4.98 Å². The number of hydrogen-bond acceptors (Lipinski definition) is 8. The quantitative estimate of drug-likeness (QED) is 0.199. The summed E-state index contributed by atoms with van der Waals surface area (Å²) in [6, 6.07) is 35.3. The van der Waals surface area contributed by atoms with Crippen molar-refractivity contribution in [1.82, 2.24) is 19.4 Å². The summed E-state index contributed by atoms with van der Waals surface area (Å²) in [5.41, 5.74) is 5.50. The Morgan fingerprint density at radius 1 is 0.729 bits per heavy atom. The van der Waals surface area contributed by atoms with E-state index in [4.69, 9.17) is 0 Å². The van der Waals surface area contributed by atoms with E-state index in [9.17, 15) is 14.8 Å². The second kappa shape index (κ2) is 15.9. The Balaban J connectivity index is 0.000000188. The maximum atomic E-state index is 12.8. The van der Waals surface area contributed by atoms with Crippen molar-refractivity contribution >= 4 is 28.2 Å². The van der Waals surface area contributed by atoms with Gasteiger partial charge in [0.1, 0.15) is 6.54 Å². The van der Waals surface area contributed by atoms with Crippen LogP contribution in [0.15, 0.2) is 124 Å². The lowest BCUT2D eigenvalue weighted by Crippen LogP contribution is -2.37. The summed E-state index contributed by atoms with van der Waals surface area (Å²) in [5.74, 6) is 0.0465. The summed E-state index contributed by atoms with van der Waals surface area (Å²) < 4.78 is 1.61. The molecule has 0 fully saturated rings. The van der Waals surface area contributed by atoms with Gasteiger partial charge in [0.2, 0.25) is 5.91 Å². The predicted octanol–water partition coefficient (Wildman–Crippen LogP) is 4.35. The Morgan fingerprint density at radius 2 is 1.31 bits per heavy atom. The number of anilines is 1. The Kier molecular flexibility index (Phi) is 11.2. The number of amides is 1. The summed E-state index contributed by atoms with van der Waals surface area (Å²) in [4.78, 5) is 40.3. The van der Waals surface area contributed by atoms with E-state index in [2.05, 4.69) is 20.0 Å². The molecule has 0 spiro atoms. The van der Waals surface area contributed by atoms with E-state index in [0.29, 0.717) is 25.3 Å². The lowest BCUT2D eigenvalue weighted by atomic mass is 10.0. The fraction of sp³-hybridized carbons (Fsp3) is 0.237. The van der Waals surface area contributed by atoms with Crippen LogP contribution in [0.1, 0.15) is 11.1 Å². The maximum absolute atomic E-state index is 12.8. The van der Waals surface area contributed by atoms with Crippen LogP contribution in [0.2, 0.25) is 0 Å². The molecule has 10 heteroatoms. The molecular formula is C38H41N7O3. The number of carbonyl (C=O) groups excluding carboxylic acids is 1. The first-order valence-corrected chi connectivity index (χ1v) is 15.8. The molecule has 246 valence electrons. The third kappa shape index (κ3) is 7.91. The zero-order chi connectivity index (χ0) is 34.0. The number of hydrogen-bond donors (Lipinski definition) is 1. The van der Waals surface area contributed by atoms with Crippen LogP contribution in [0.5, 0.6) is 0 Å². The second-order valence-corrected chi connectivity index (χ2v) is 11.9. The number of aromatic nitrogens is 2. The van der Waals surface area contributed by atoms with Crippen molar-refractivity contribution in [2.75, 3.05) is 59.3 Å². The molecular weight excluding hydrogens is 602 g/mol. The van der Waals surface area contributed by atoms with Gasteiger partial charge in [-0.3, -0.25) is 14.6 Å². The van der Waals surface area contributed by atoms with Crippen LogP contribution < -0.4 is 15.9 Å². The van der Waals surface area contributed by atoms with Crippen molar-refractivity contribution in [2.24, 2.45) is 10.1 Å². The van der Waals surface area contributed by atoms with Crippen molar-refractivity contribution in [3.63, 3.8) is 0 Å². The molecule has 1 N–H and O–H groups in total. The topological polar surface area (TPSA) is 107 Å². The molecule has 0 atom stereocenters. The number of nitrogens with zero attached hydrogens (tertiary/aromatic N) is 7. The largest absolute Gasteiger partial charge is 0.409 e. The van der Waals surface area contributed by atoms with Gasteiger partial charge in [0.15, 0.2) is 0 Å². The first-order valence-electron chi connectivity index (χ1n) is 15.8. The highest BCUT2D eigenvalue weighted by atomic mass is 16.4. The smallest absolute Gasteiger partial charge is 0.299 e. The van der Waals surface area contributed by atoms with Gasteiger partial charge >= 0.3 is 0 Å². The number of fused-ring (bicyclic) bond motifs is 2. The fourth-order valence-electron chi connectivity index (χ4n) is 5.51. The number of rotatable bonds is 8. The van der Waals surface area contributed by atoms with Crippen LogP contribution in [0, 0.1) is 0 Å². The molecule has 0 aliphatic carbocycles. The highest BCUT2D eigenvalue weighted by molar-refractivity contribution is 6.19. The number of benzene rings is 4. The molecule has 1 aliphatic heterocycles. The van der Waals surface area contributed by atoms with Crippen LogP contribution in [-0.2, 0) is 11.3 Å². The summed E-state index contributed by atoms with van der Waals surface area (Å²) in [6.45, 7) is 2.83. The summed E-state index contributed by atoms with van der Waals surface area (Å²) >= 11 is 0. The number of carbonyl (C=O) groups is 1. The Morgan fingerprint density at radius 3 is 1.98 bits per heavy atom. The van der Waals surface area contributed by atoms with E-state index in [1.807, 2.05) is 147 Å². The van der Waals surface area contributed by atoms with Gasteiger partial charge in [0, 0.05) is 48.3 Å². The standard InChI is InChI=1S/C19H20N4O2.C19H21N3O/c1-22(2)12-13-23-16-11-7-6-10-15(16)17(14-8-4-3-5-9-14)20-18(21-25)19(23)24;1-21(2)12-13-22-17-11-7-6-10-16(17)19(20-14-18(22)23)15-8-4-3-5-9-15/h3-11,25H,12-13H2,1-2H3;3-11H,12-14H2,1-2H3. The van der Waals surface area contributed by atoms with Gasteiger partial charge in [-0.2, -0.15) is 0 Å². The van der Waals surface area contributed by atoms with Crippen molar-refractivity contribution in [2.45, 2.75) is 6.54 Å². The van der Waals surface area contributed by atoms with Gasteiger partial charge in [-0.15, -0.1) is 0 Å². The number of para-hydroxylation sites is 2. The highest BCUT2D eigenvalue weighted by Gasteiger charge is 2.24. The monoisotopic (exact) mass is 643 g/mol. The van der Waals surface area contributed by atoms with Gasteiger partial charge in [-0.05, 0) is 40.3 Å². The van der Waals surface area contributed by atoms with Crippen molar-refractivity contribution < 1.29 is 10.0 Å². The summed E-state index contributed by atoms with van der Waals surface area (Å²) in [6.07, 6.45) is 0. The van der Waals surface area contributed by atoms with Crippen molar-refractivity contribution in [1.29, 1.82) is 0 Å². The predicted molar refractivity (Wildman–Crippen MR) is 192 cm³/mol. The number of benzodiazepines with no additional fused rings is 1. The second-order valence-electron chi connectivity index (χ2n) is 11.9. The van der Waals surface area contributed by atoms with Crippen LogP contribution >= 0.6 is 0 Å². The van der Waals surface area contributed by atoms with Crippen molar-refractivity contribution in [3.8, 4) is 11.3 Å². The van der Waals surface area contributed by atoms with E-state index in [1.165, 1.54) is 0 Å². The lowest BCUT2D eigenvalue weighted by molar-refractivity contribution is -0.117. The molecule has 1 aliphatic rings. The Hall–Kier alpha value is -5.45. The van der Waals surface area contributed by atoms with Gasteiger partial charge in [0.25, 0.3) is 11.0 Å². The minimum atomic E-state index is -0.414. The first-order chi connectivity index (χ1) is 23.3. The molecule has 5 aromatic rings. The zero-order valence-corrected chi connectivity index (χ0v) is 27.8. The lowest BCUT2D eigenvalue weighted by Gasteiger charge is -2.24. The number of likely N-dealkylation sites (N-methyl/N-ethyl adjacent to an activating group) is 2.